The first kappa shape index (κ1) is 14.8. The van der Waals surface area contributed by atoms with Crippen LogP contribution in [0.15, 0.2) is 18.2 Å². The minimum atomic E-state index is -1.21. The van der Waals surface area contributed by atoms with Gasteiger partial charge in [0, 0.05) is 18.6 Å². The molecule has 1 unspecified atom stereocenters. The van der Waals surface area contributed by atoms with E-state index in [1.165, 1.54) is 18.2 Å². The average Bonchev–Trinajstić information content (AvgIpc) is 2.31. The Hall–Kier alpha value is -1.30. The Morgan fingerprint density at radius 1 is 1.28 bits per heavy atom. The molecule has 0 aliphatic rings. The first-order valence-electron chi connectivity index (χ1n) is 5.05. The van der Waals surface area contributed by atoms with Crippen LogP contribution in [-0.4, -0.2) is 34.7 Å². The molecule has 0 fully saturated rings. The maximum atomic E-state index is 11.7. The number of nitrogens with one attached hydrogen (secondary N) is 1. The maximum Gasteiger partial charge on any atom is 0.326 e. The van der Waals surface area contributed by atoms with E-state index in [0.717, 1.165) is 0 Å². The second-order valence-electron chi connectivity index (χ2n) is 3.51. The summed E-state index contributed by atoms with van der Waals surface area (Å²) in [7, 11) is 0. The van der Waals surface area contributed by atoms with E-state index in [1.54, 1.807) is 0 Å². The Kier molecular flexibility index (Phi) is 5.40. The van der Waals surface area contributed by atoms with Crippen molar-refractivity contribution in [3.63, 3.8) is 0 Å². The molecule has 0 aromatic heterocycles. The minimum Gasteiger partial charge on any atom is -0.480 e. The quantitative estimate of drug-likeness (QED) is 0.768. The van der Waals surface area contributed by atoms with Crippen LogP contribution in [0, 0.1) is 0 Å². The Balaban J connectivity index is 2.80. The molecule has 0 aliphatic carbocycles. The number of carboxylic acid groups (broad SMARTS) is 1. The van der Waals surface area contributed by atoms with Crippen molar-refractivity contribution < 1.29 is 19.8 Å². The zero-order valence-corrected chi connectivity index (χ0v) is 10.7. The number of amides is 1. The van der Waals surface area contributed by atoms with Gasteiger partial charge in [0.25, 0.3) is 5.91 Å². The van der Waals surface area contributed by atoms with Crippen LogP contribution >= 0.6 is 23.2 Å². The topological polar surface area (TPSA) is 86.6 Å². The first-order valence-corrected chi connectivity index (χ1v) is 5.81. The van der Waals surface area contributed by atoms with Crippen LogP contribution in [0.1, 0.15) is 16.8 Å². The second kappa shape index (κ2) is 6.58. The van der Waals surface area contributed by atoms with E-state index in [9.17, 15) is 9.59 Å². The van der Waals surface area contributed by atoms with Gasteiger partial charge >= 0.3 is 5.97 Å². The van der Waals surface area contributed by atoms with Crippen LogP contribution in [0.25, 0.3) is 0 Å². The van der Waals surface area contributed by atoms with Crippen molar-refractivity contribution in [3.8, 4) is 0 Å². The highest BCUT2D eigenvalue weighted by molar-refractivity contribution is 6.42. The third-order valence-electron chi connectivity index (χ3n) is 2.20. The summed E-state index contributed by atoms with van der Waals surface area (Å²) < 4.78 is 0. The molecule has 1 aromatic carbocycles. The molecule has 0 saturated carbocycles. The van der Waals surface area contributed by atoms with Gasteiger partial charge in [-0.25, -0.2) is 4.79 Å². The van der Waals surface area contributed by atoms with Gasteiger partial charge in [0.1, 0.15) is 6.04 Å². The Morgan fingerprint density at radius 3 is 2.44 bits per heavy atom. The van der Waals surface area contributed by atoms with Gasteiger partial charge in [0.15, 0.2) is 0 Å². The summed E-state index contributed by atoms with van der Waals surface area (Å²) in [6, 6.07) is 3.08. The molecule has 1 rings (SSSR count). The first-order chi connectivity index (χ1) is 8.45. The molecule has 1 atom stereocenters. The molecule has 1 amide bonds. The van der Waals surface area contributed by atoms with Gasteiger partial charge in [0.2, 0.25) is 0 Å². The number of rotatable bonds is 5. The van der Waals surface area contributed by atoms with Gasteiger partial charge in [-0.2, -0.15) is 0 Å². The molecule has 0 saturated heterocycles. The maximum absolute atomic E-state index is 11.7. The van der Waals surface area contributed by atoms with E-state index in [2.05, 4.69) is 5.32 Å². The summed E-state index contributed by atoms with van der Waals surface area (Å²) in [6.07, 6.45) is -0.0671. The van der Waals surface area contributed by atoms with Crippen molar-refractivity contribution in [1.29, 1.82) is 0 Å². The predicted octanol–water partition coefficient (Wildman–Crippen LogP) is 1.56. The van der Waals surface area contributed by atoms with Crippen LogP contribution in [0.3, 0.4) is 0 Å². The number of halogens is 2. The van der Waals surface area contributed by atoms with Gasteiger partial charge in [-0.05, 0) is 18.2 Å². The molecular formula is C11H11Cl2NO4. The van der Waals surface area contributed by atoms with E-state index in [1.807, 2.05) is 0 Å². The summed E-state index contributed by atoms with van der Waals surface area (Å²) >= 11 is 11.5. The SMILES string of the molecule is O=C(NC(CCO)C(=O)O)c1ccc(Cl)c(Cl)c1. The summed E-state index contributed by atoms with van der Waals surface area (Å²) in [5, 5.41) is 20.3. The Bertz CT molecular complexity index is 464. The van der Waals surface area contributed by atoms with Crippen LogP contribution in [0.5, 0.6) is 0 Å². The molecule has 0 aliphatic heterocycles. The molecule has 18 heavy (non-hydrogen) atoms. The van der Waals surface area contributed by atoms with Crippen molar-refractivity contribution in [2.45, 2.75) is 12.5 Å². The fraction of sp³-hybridized carbons (Fsp3) is 0.273. The van der Waals surface area contributed by atoms with Crippen molar-refractivity contribution in [3.05, 3.63) is 33.8 Å². The van der Waals surface area contributed by atoms with Crippen LogP contribution < -0.4 is 5.32 Å². The highest BCUT2D eigenvalue weighted by Crippen LogP contribution is 2.22. The third kappa shape index (κ3) is 3.87. The monoisotopic (exact) mass is 291 g/mol. The molecule has 0 spiro atoms. The van der Waals surface area contributed by atoms with E-state index in [4.69, 9.17) is 33.4 Å². The van der Waals surface area contributed by atoms with Crippen molar-refractivity contribution in [1.82, 2.24) is 5.32 Å². The van der Waals surface area contributed by atoms with Gasteiger partial charge in [-0.3, -0.25) is 4.79 Å². The van der Waals surface area contributed by atoms with Crippen LogP contribution in [0.4, 0.5) is 0 Å². The highest BCUT2D eigenvalue weighted by atomic mass is 35.5. The normalized spacial score (nSPS) is 11.9. The summed E-state index contributed by atoms with van der Waals surface area (Å²) in [5.41, 5.74) is 0.202. The van der Waals surface area contributed by atoms with Gasteiger partial charge in [0.05, 0.1) is 10.0 Å². The Labute approximate surface area is 113 Å². The molecule has 5 nitrogen and oxygen atoms in total. The number of carbonyl (C=O) groups is 2. The number of hydrogen-bond donors (Lipinski definition) is 3. The number of hydrogen-bond acceptors (Lipinski definition) is 3. The third-order valence-corrected chi connectivity index (χ3v) is 2.94. The number of aliphatic carboxylic acids is 1. The van der Waals surface area contributed by atoms with Crippen molar-refractivity contribution >= 4 is 35.1 Å². The molecule has 3 N–H and O–H groups in total. The highest BCUT2D eigenvalue weighted by Gasteiger charge is 2.20. The molecule has 0 radical (unpaired) electrons. The minimum absolute atomic E-state index is 0.0671. The fourth-order valence-corrected chi connectivity index (χ4v) is 1.56. The lowest BCUT2D eigenvalue weighted by Crippen LogP contribution is -2.41. The second-order valence-corrected chi connectivity index (χ2v) is 4.32. The number of benzene rings is 1. The van der Waals surface area contributed by atoms with Crippen molar-refractivity contribution in [2.24, 2.45) is 0 Å². The van der Waals surface area contributed by atoms with Gasteiger partial charge in [-0.1, -0.05) is 23.2 Å². The summed E-state index contributed by atoms with van der Waals surface area (Å²) in [5.74, 6) is -1.80. The number of aliphatic hydroxyl groups is 1. The standard InChI is InChI=1S/C11H11Cl2NO4/c12-7-2-1-6(5-8(7)13)10(16)14-9(3-4-15)11(17)18/h1-2,5,9,15H,3-4H2,(H,14,16)(H,17,18). The molecule has 0 bridgehead atoms. The Morgan fingerprint density at radius 2 is 1.94 bits per heavy atom. The lowest BCUT2D eigenvalue weighted by molar-refractivity contribution is -0.139. The molecule has 0 heterocycles. The predicted molar refractivity (Wildman–Crippen MR) is 67.1 cm³/mol. The summed E-state index contributed by atoms with van der Waals surface area (Å²) in [4.78, 5) is 22.5. The number of aliphatic hydroxyl groups excluding tert-OH is 1. The van der Waals surface area contributed by atoms with Crippen LogP contribution in [0.2, 0.25) is 10.0 Å². The fourth-order valence-electron chi connectivity index (χ4n) is 1.27. The van der Waals surface area contributed by atoms with E-state index < -0.39 is 17.9 Å². The van der Waals surface area contributed by atoms with E-state index in [-0.39, 0.29) is 23.6 Å². The zero-order chi connectivity index (χ0) is 13.7. The summed E-state index contributed by atoms with van der Waals surface area (Å²) in [6.45, 7) is -0.335. The van der Waals surface area contributed by atoms with Crippen molar-refractivity contribution in [2.75, 3.05) is 6.61 Å². The van der Waals surface area contributed by atoms with E-state index >= 15 is 0 Å². The van der Waals surface area contributed by atoms with E-state index in [0.29, 0.717) is 5.02 Å². The number of carboxylic acids is 1. The molecular weight excluding hydrogens is 281 g/mol. The lowest BCUT2D eigenvalue weighted by Gasteiger charge is -2.13. The van der Waals surface area contributed by atoms with Gasteiger partial charge in [-0.15, -0.1) is 0 Å². The van der Waals surface area contributed by atoms with Crippen LogP contribution in [-0.2, 0) is 4.79 Å². The lowest BCUT2D eigenvalue weighted by atomic mass is 10.1. The molecule has 7 heteroatoms. The van der Waals surface area contributed by atoms with Gasteiger partial charge < -0.3 is 15.5 Å². The average molecular weight is 292 g/mol. The largest absolute Gasteiger partial charge is 0.480 e. The number of carbonyl (C=O) groups excluding carboxylic acids is 1. The molecule has 1 aromatic rings. The molecule has 98 valence electrons. The zero-order valence-electron chi connectivity index (χ0n) is 9.19. The smallest absolute Gasteiger partial charge is 0.326 e.